The van der Waals surface area contributed by atoms with E-state index in [1.54, 1.807) is 12.1 Å². The van der Waals surface area contributed by atoms with E-state index in [1.165, 1.54) is 12.1 Å². The number of amides is 1. The summed E-state index contributed by atoms with van der Waals surface area (Å²) >= 11 is 0. The van der Waals surface area contributed by atoms with Crippen LogP contribution in [0.2, 0.25) is 0 Å². The minimum Gasteiger partial charge on any atom is -0.435 e. The van der Waals surface area contributed by atoms with Crippen LogP contribution in [0.3, 0.4) is 0 Å². The highest BCUT2D eigenvalue weighted by atomic mass is 19.3. The number of carbonyl (C=O) groups is 1. The molecule has 0 fully saturated rings. The SMILES string of the molecule is O=C(Cc1ccc2ccccc2c1)NCc1ccc(OC(F)F)cc1. The second-order valence-corrected chi connectivity index (χ2v) is 5.66. The quantitative estimate of drug-likeness (QED) is 0.726. The van der Waals surface area contributed by atoms with E-state index in [2.05, 4.69) is 10.1 Å². The third-order valence-corrected chi connectivity index (χ3v) is 3.82. The third-order valence-electron chi connectivity index (χ3n) is 3.82. The lowest BCUT2D eigenvalue weighted by molar-refractivity contribution is -0.120. The van der Waals surface area contributed by atoms with Crippen LogP contribution in [-0.2, 0) is 17.8 Å². The number of fused-ring (bicyclic) bond motifs is 1. The first-order valence-electron chi connectivity index (χ1n) is 7.88. The highest BCUT2D eigenvalue weighted by Gasteiger charge is 2.06. The lowest BCUT2D eigenvalue weighted by Crippen LogP contribution is -2.24. The van der Waals surface area contributed by atoms with Gasteiger partial charge in [-0.2, -0.15) is 8.78 Å². The first-order chi connectivity index (χ1) is 12.1. The smallest absolute Gasteiger partial charge is 0.387 e. The number of hydrogen-bond acceptors (Lipinski definition) is 2. The zero-order valence-corrected chi connectivity index (χ0v) is 13.4. The predicted octanol–water partition coefficient (Wildman–Crippen LogP) is 4.30. The molecule has 0 spiro atoms. The molecule has 3 nitrogen and oxygen atoms in total. The first-order valence-corrected chi connectivity index (χ1v) is 7.88. The predicted molar refractivity (Wildman–Crippen MR) is 92.6 cm³/mol. The molecule has 0 heterocycles. The molecule has 0 saturated heterocycles. The van der Waals surface area contributed by atoms with E-state index in [0.717, 1.165) is 21.9 Å². The summed E-state index contributed by atoms with van der Waals surface area (Å²) in [5.74, 6) is 0.00410. The Morgan fingerprint density at radius 3 is 2.32 bits per heavy atom. The Kier molecular flexibility index (Phi) is 5.23. The van der Waals surface area contributed by atoms with E-state index in [4.69, 9.17) is 0 Å². The summed E-state index contributed by atoms with van der Waals surface area (Å²) in [6.07, 6.45) is 0.289. The number of carbonyl (C=O) groups excluding carboxylic acids is 1. The summed E-state index contributed by atoms with van der Waals surface area (Å²) in [6.45, 7) is -2.51. The van der Waals surface area contributed by atoms with E-state index in [9.17, 15) is 13.6 Å². The van der Waals surface area contributed by atoms with Gasteiger partial charge in [-0.15, -0.1) is 0 Å². The number of rotatable bonds is 6. The van der Waals surface area contributed by atoms with Gasteiger partial charge >= 0.3 is 6.61 Å². The highest BCUT2D eigenvalue weighted by molar-refractivity contribution is 5.85. The Balaban J connectivity index is 1.55. The zero-order chi connectivity index (χ0) is 17.6. The average Bonchev–Trinajstić information content (AvgIpc) is 2.60. The van der Waals surface area contributed by atoms with E-state index in [-0.39, 0.29) is 18.1 Å². The van der Waals surface area contributed by atoms with Crippen LogP contribution in [-0.4, -0.2) is 12.5 Å². The summed E-state index contributed by atoms with van der Waals surface area (Å²) in [5.41, 5.74) is 1.75. The molecule has 1 amide bonds. The molecule has 0 aromatic heterocycles. The molecule has 5 heteroatoms. The largest absolute Gasteiger partial charge is 0.435 e. The minimum absolute atomic E-state index is 0.0943. The minimum atomic E-state index is -2.84. The fraction of sp³-hybridized carbons (Fsp3) is 0.150. The van der Waals surface area contributed by atoms with Gasteiger partial charge in [-0.3, -0.25) is 4.79 Å². The van der Waals surface area contributed by atoms with Crippen molar-refractivity contribution in [3.8, 4) is 5.75 Å². The van der Waals surface area contributed by atoms with Crippen molar-refractivity contribution >= 4 is 16.7 Å². The molecule has 0 unspecified atom stereocenters. The van der Waals surface area contributed by atoms with Crippen molar-refractivity contribution in [3.05, 3.63) is 77.9 Å². The number of hydrogen-bond donors (Lipinski definition) is 1. The van der Waals surface area contributed by atoms with Gasteiger partial charge in [-0.1, -0.05) is 54.6 Å². The molecule has 0 bridgehead atoms. The molecule has 1 N–H and O–H groups in total. The van der Waals surface area contributed by atoms with E-state index in [1.807, 2.05) is 42.5 Å². The van der Waals surface area contributed by atoms with Gasteiger partial charge in [-0.05, 0) is 34.0 Å². The van der Waals surface area contributed by atoms with Gasteiger partial charge in [0, 0.05) is 6.54 Å². The number of ether oxygens (including phenoxy) is 1. The van der Waals surface area contributed by atoms with Gasteiger partial charge < -0.3 is 10.1 Å². The number of halogens is 2. The number of nitrogens with one attached hydrogen (secondary N) is 1. The molecule has 0 aliphatic rings. The van der Waals surface area contributed by atoms with E-state index < -0.39 is 6.61 Å². The second kappa shape index (κ2) is 7.75. The monoisotopic (exact) mass is 341 g/mol. The Morgan fingerprint density at radius 2 is 1.60 bits per heavy atom. The molecule has 3 aromatic carbocycles. The Hall–Kier alpha value is -2.95. The van der Waals surface area contributed by atoms with Crippen LogP contribution in [0.5, 0.6) is 5.75 Å². The van der Waals surface area contributed by atoms with Crippen molar-refractivity contribution in [1.82, 2.24) is 5.32 Å². The number of alkyl halides is 2. The van der Waals surface area contributed by atoms with Crippen LogP contribution in [0.15, 0.2) is 66.7 Å². The van der Waals surface area contributed by atoms with Gasteiger partial charge in [0.05, 0.1) is 6.42 Å². The fourth-order valence-corrected chi connectivity index (χ4v) is 2.59. The summed E-state index contributed by atoms with van der Waals surface area (Å²) < 4.78 is 28.5. The summed E-state index contributed by atoms with van der Waals surface area (Å²) in [7, 11) is 0. The molecule has 0 saturated carbocycles. The van der Waals surface area contributed by atoms with Crippen molar-refractivity contribution < 1.29 is 18.3 Å². The number of benzene rings is 3. The van der Waals surface area contributed by atoms with Gasteiger partial charge in [0.15, 0.2) is 0 Å². The summed E-state index contributed by atoms with van der Waals surface area (Å²) in [5, 5.41) is 5.06. The highest BCUT2D eigenvalue weighted by Crippen LogP contribution is 2.17. The van der Waals surface area contributed by atoms with Crippen LogP contribution >= 0.6 is 0 Å². The first kappa shape index (κ1) is 16.9. The van der Waals surface area contributed by atoms with Crippen LogP contribution in [0.1, 0.15) is 11.1 Å². The molecule has 0 atom stereocenters. The van der Waals surface area contributed by atoms with E-state index in [0.29, 0.717) is 6.54 Å². The Morgan fingerprint density at radius 1 is 0.920 bits per heavy atom. The lowest BCUT2D eigenvalue weighted by atomic mass is 10.0. The fourth-order valence-electron chi connectivity index (χ4n) is 2.59. The molecule has 0 aliphatic heterocycles. The van der Waals surface area contributed by atoms with Gasteiger partial charge in [0.1, 0.15) is 5.75 Å². The van der Waals surface area contributed by atoms with Gasteiger partial charge in [0.25, 0.3) is 0 Å². The Bertz CT molecular complexity index is 863. The molecule has 0 aliphatic carbocycles. The topological polar surface area (TPSA) is 38.3 Å². The Labute approximate surface area is 144 Å². The molecular weight excluding hydrogens is 324 g/mol. The summed E-state index contributed by atoms with van der Waals surface area (Å²) in [4.78, 5) is 12.1. The van der Waals surface area contributed by atoms with Crippen molar-refractivity contribution in [2.75, 3.05) is 0 Å². The lowest BCUT2D eigenvalue weighted by Gasteiger charge is -2.08. The molecule has 128 valence electrons. The van der Waals surface area contributed by atoms with Crippen LogP contribution in [0.25, 0.3) is 10.8 Å². The van der Waals surface area contributed by atoms with Crippen molar-refractivity contribution in [2.45, 2.75) is 19.6 Å². The van der Waals surface area contributed by atoms with Crippen molar-refractivity contribution in [2.24, 2.45) is 0 Å². The average molecular weight is 341 g/mol. The third kappa shape index (κ3) is 4.76. The molecular formula is C20H17F2NO2. The van der Waals surface area contributed by atoms with Crippen LogP contribution < -0.4 is 10.1 Å². The maximum absolute atomic E-state index is 12.1. The standard InChI is InChI=1S/C20H17F2NO2/c21-20(22)25-18-9-6-14(7-10-18)13-23-19(24)12-15-5-8-16-3-1-2-4-17(16)11-15/h1-11,20H,12-13H2,(H,23,24). The maximum atomic E-state index is 12.1. The van der Waals surface area contributed by atoms with Gasteiger partial charge in [0.2, 0.25) is 5.91 Å². The zero-order valence-electron chi connectivity index (χ0n) is 13.4. The van der Waals surface area contributed by atoms with Gasteiger partial charge in [-0.25, -0.2) is 0 Å². The van der Waals surface area contributed by atoms with Crippen LogP contribution in [0, 0.1) is 0 Å². The van der Waals surface area contributed by atoms with E-state index >= 15 is 0 Å². The molecule has 3 rings (SSSR count). The molecule has 3 aromatic rings. The van der Waals surface area contributed by atoms with Crippen molar-refractivity contribution in [3.63, 3.8) is 0 Å². The van der Waals surface area contributed by atoms with Crippen LogP contribution in [0.4, 0.5) is 8.78 Å². The maximum Gasteiger partial charge on any atom is 0.387 e. The van der Waals surface area contributed by atoms with Crippen molar-refractivity contribution in [1.29, 1.82) is 0 Å². The second-order valence-electron chi connectivity index (χ2n) is 5.66. The molecule has 25 heavy (non-hydrogen) atoms. The summed E-state index contributed by atoms with van der Waals surface area (Å²) in [6, 6.07) is 20.1. The normalized spacial score (nSPS) is 10.8. The molecule has 0 radical (unpaired) electrons.